The number of aromatic carboxylic acids is 1. The number of aldehydes is 1. The normalized spacial score (nSPS) is 39.0. The minimum Gasteiger partial charge on any atom is -0.478 e. The lowest BCUT2D eigenvalue weighted by Crippen LogP contribution is -2.62. The molecule has 6 rings (SSSR count). The van der Waals surface area contributed by atoms with Crippen molar-refractivity contribution in [3.05, 3.63) is 54.1 Å². The highest BCUT2D eigenvalue weighted by atomic mass is 16.4. The number of hydrogen-bond donors (Lipinski definition) is 2. The molecule has 1 aromatic carbocycles. The largest absolute Gasteiger partial charge is 0.478 e. The summed E-state index contributed by atoms with van der Waals surface area (Å²) in [6, 6.07) is 7.07. The van der Waals surface area contributed by atoms with Gasteiger partial charge >= 0.3 is 5.97 Å². The summed E-state index contributed by atoms with van der Waals surface area (Å²) in [6.45, 7) is 17.1. The van der Waals surface area contributed by atoms with E-state index in [4.69, 9.17) is 0 Å². The molecular weight excluding hydrogens is 546 g/mol. The summed E-state index contributed by atoms with van der Waals surface area (Å²) in [5.74, 6) is 2.24. The molecule has 0 aromatic heterocycles. The van der Waals surface area contributed by atoms with Crippen LogP contribution in [0.2, 0.25) is 0 Å². The van der Waals surface area contributed by atoms with Crippen LogP contribution in [0.4, 0.5) is 0 Å². The van der Waals surface area contributed by atoms with Gasteiger partial charge < -0.3 is 15.2 Å². The molecule has 0 saturated heterocycles. The van der Waals surface area contributed by atoms with Crippen LogP contribution in [0.1, 0.15) is 122 Å². The van der Waals surface area contributed by atoms with Gasteiger partial charge in [0.05, 0.1) is 17.0 Å². The number of allylic oxidation sites excluding steroid dienone is 3. The van der Waals surface area contributed by atoms with Crippen LogP contribution in [-0.2, 0) is 9.59 Å². The van der Waals surface area contributed by atoms with Gasteiger partial charge in [-0.15, -0.1) is 6.58 Å². The molecule has 0 bridgehead atoms. The Bertz CT molecular complexity index is 1310. The molecule has 9 unspecified atom stereocenters. The molecule has 5 heteroatoms. The average molecular weight is 602 g/mol. The second kappa shape index (κ2) is 11.9. The summed E-state index contributed by atoms with van der Waals surface area (Å²) in [4.78, 5) is 36.4. The first-order valence-electron chi connectivity index (χ1n) is 17.2. The molecule has 0 spiro atoms. The van der Waals surface area contributed by atoms with Crippen LogP contribution in [0.15, 0.2) is 43.0 Å². The van der Waals surface area contributed by atoms with E-state index < -0.39 is 12.0 Å². The molecular formula is C39H55NO4. The molecule has 5 nitrogen and oxygen atoms in total. The lowest BCUT2D eigenvalue weighted by molar-refractivity contribution is -0.181. The Morgan fingerprint density at radius 3 is 2.25 bits per heavy atom. The highest BCUT2D eigenvalue weighted by molar-refractivity contribution is 5.88. The Morgan fingerprint density at radius 2 is 1.61 bits per heavy atom. The number of fused-ring (bicyclic) bond motifs is 7. The Hall–Kier alpha value is -2.69. The number of nitrogens with one attached hydrogen (secondary N) is 1. The first-order valence-corrected chi connectivity index (χ1v) is 17.2. The number of carbonyl (C=O) groups excluding carboxylic acids is 2. The maximum absolute atomic E-state index is 13.6. The maximum atomic E-state index is 13.6. The van der Waals surface area contributed by atoms with Gasteiger partial charge in [-0.1, -0.05) is 58.4 Å². The predicted molar refractivity (Wildman–Crippen MR) is 177 cm³/mol. The fourth-order valence-corrected chi connectivity index (χ4v) is 11.9. The van der Waals surface area contributed by atoms with Crippen molar-refractivity contribution in [2.24, 2.45) is 51.2 Å². The molecule has 5 aliphatic carbocycles. The van der Waals surface area contributed by atoms with E-state index in [0.29, 0.717) is 40.6 Å². The number of rotatable bonds is 5. The van der Waals surface area contributed by atoms with Crippen molar-refractivity contribution >= 4 is 23.7 Å². The zero-order valence-electron chi connectivity index (χ0n) is 28.0. The molecule has 0 radical (unpaired) electrons. The van der Waals surface area contributed by atoms with Crippen LogP contribution in [-0.4, -0.2) is 29.3 Å². The van der Waals surface area contributed by atoms with Crippen molar-refractivity contribution < 1.29 is 19.5 Å². The zero-order chi connectivity index (χ0) is 32.1. The van der Waals surface area contributed by atoms with E-state index in [1.165, 1.54) is 31.3 Å². The van der Waals surface area contributed by atoms with Crippen LogP contribution in [0, 0.1) is 51.2 Å². The third kappa shape index (κ3) is 5.01. The first kappa shape index (κ1) is 32.7. The fraction of sp³-hybridized carbons (Fsp3) is 0.667. The van der Waals surface area contributed by atoms with Gasteiger partial charge in [-0.3, -0.25) is 4.79 Å². The van der Waals surface area contributed by atoms with Gasteiger partial charge in [-0.05, 0) is 141 Å². The topological polar surface area (TPSA) is 83.5 Å². The van der Waals surface area contributed by atoms with E-state index in [0.717, 1.165) is 50.4 Å². The fourth-order valence-electron chi connectivity index (χ4n) is 11.9. The van der Waals surface area contributed by atoms with Crippen molar-refractivity contribution in [2.75, 3.05) is 0 Å². The van der Waals surface area contributed by atoms with E-state index >= 15 is 0 Å². The lowest BCUT2D eigenvalue weighted by Gasteiger charge is -2.68. The van der Waals surface area contributed by atoms with E-state index in [-0.39, 0.29) is 22.2 Å². The van der Waals surface area contributed by atoms with Crippen LogP contribution in [0.5, 0.6) is 0 Å². The van der Waals surface area contributed by atoms with Crippen molar-refractivity contribution in [1.82, 2.24) is 5.32 Å². The van der Waals surface area contributed by atoms with Crippen LogP contribution >= 0.6 is 0 Å². The van der Waals surface area contributed by atoms with Crippen molar-refractivity contribution in [2.45, 2.75) is 112 Å². The molecule has 9 atom stereocenters. The quantitative estimate of drug-likeness (QED) is 0.261. The maximum Gasteiger partial charge on any atom is 0.335 e. The smallest absolute Gasteiger partial charge is 0.335 e. The van der Waals surface area contributed by atoms with Gasteiger partial charge in [0.2, 0.25) is 5.91 Å². The first-order chi connectivity index (χ1) is 20.8. The van der Waals surface area contributed by atoms with Gasteiger partial charge in [0.15, 0.2) is 0 Å². The van der Waals surface area contributed by atoms with Gasteiger partial charge in [-0.2, -0.15) is 0 Å². The summed E-state index contributed by atoms with van der Waals surface area (Å²) in [5, 5.41) is 12.4. The van der Waals surface area contributed by atoms with E-state index in [2.05, 4.69) is 45.7 Å². The third-order valence-electron chi connectivity index (χ3n) is 13.5. The lowest BCUT2D eigenvalue weighted by atomic mass is 9.36. The minimum atomic E-state index is -0.878. The van der Waals surface area contributed by atoms with Crippen molar-refractivity contribution in [1.29, 1.82) is 0 Å². The summed E-state index contributed by atoms with van der Waals surface area (Å²) in [6.07, 6.45) is 16.5. The average Bonchev–Trinajstić information content (AvgIpc) is 3.43. The Kier molecular flexibility index (Phi) is 8.85. The number of benzene rings is 1. The zero-order valence-corrected chi connectivity index (χ0v) is 28.0. The minimum absolute atomic E-state index is 0.0104. The van der Waals surface area contributed by atoms with Gasteiger partial charge in [-0.25, -0.2) is 4.79 Å². The van der Waals surface area contributed by atoms with Crippen LogP contribution < -0.4 is 5.32 Å². The molecule has 4 saturated carbocycles. The molecule has 4 fully saturated rings. The summed E-state index contributed by atoms with van der Waals surface area (Å²) in [5.41, 5.74) is 3.13. The van der Waals surface area contributed by atoms with E-state index in [1.54, 1.807) is 25.1 Å². The second-order valence-electron chi connectivity index (χ2n) is 15.9. The van der Waals surface area contributed by atoms with Crippen LogP contribution in [0.3, 0.4) is 0 Å². The van der Waals surface area contributed by atoms with Gasteiger partial charge in [0.1, 0.15) is 6.29 Å². The van der Waals surface area contributed by atoms with Crippen molar-refractivity contribution in [3.63, 3.8) is 0 Å². The molecule has 44 heavy (non-hydrogen) atoms. The van der Waals surface area contributed by atoms with E-state index in [1.807, 2.05) is 19.1 Å². The Morgan fingerprint density at radius 1 is 0.932 bits per heavy atom. The number of carboxylic acid groups (broad SMARTS) is 1. The highest BCUT2D eigenvalue weighted by Gasteiger charge is 2.66. The summed E-state index contributed by atoms with van der Waals surface area (Å²) in [7, 11) is 0. The standard InChI is InChI=1S/C36H49NO4.C3H6/c1-22(21-38)37-32(41)36-17-6-7-28(36)25-12-13-30-34(4,27(25)15-20-36)19-16-29-33(2,3)26(14-18-35(29,30)5)23-8-10-24(11-9-23)31(39)40;1-3-2/h8-11,14,21-22,25,27-30H,6-7,12-13,15-20H2,1-5H3,(H,37,41)(H,39,40);3H,1H2,2H3. The third-order valence-corrected chi connectivity index (χ3v) is 13.5. The Balaban J connectivity index is 0.00000123. The monoisotopic (exact) mass is 601 g/mol. The molecule has 5 aliphatic rings. The SMILES string of the molecule is C=CC.CC(C=O)NC(=O)C12CCCC1C1CCC3C(C)(CCC4C(C)(C)C(c5ccc(C(=O)O)cc5)=CCC43C)C1CC2. The molecule has 0 aliphatic heterocycles. The van der Waals surface area contributed by atoms with Gasteiger partial charge in [0.25, 0.3) is 0 Å². The second-order valence-corrected chi connectivity index (χ2v) is 15.9. The molecule has 0 heterocycles. The molecule has 2 N–H and O–H groups in total. The van der Waals surface area contributed by atoms with Crippen molar-refractivity contribution in [3.8, 4) is 0 Å². The van der Waals surface area contributed by atoms with Gasteiger partial charge in [0, 0.05) is 0 Å². The number of carbonyl (C=O) groups is 3. The molecule has 240 valence electrons. The number of amides is 1. The van der Waals surface area contributed by atoms with Crippen LogP contribution in [0.25, 0.3) is 5.57 Å². The number of hydrogen-bond acceptors (Lipinski definition) is 3. The predicted octanol–water partition coefficient (Wildman–Crippen LogP) is 8.74. The number of carboxylic acids is 1. The summed E-state index contributed by atoms with van der Waals surface area (Å²) < 4.78 is 0. The highest BCUT2D eigenvalue weighted by Crippen LogP contribution is 2.73. The molecule has 1 amide bonds. The van der Waals surface area contributed by atoms with E-state index in [9.17, 15) is 19.5 Å². The Labute approximate surface area is 265 Å². The molecule has 1 aromatic rings. The summed E-state index contributed by atoms with van der Waals surface area (Å²) >= 11 is 0.